The van der Waals surface area contributed by atoms with Crippen LogP contribution in [-0.4, -0.2) is 67.4 Å². The largest absolute Gasteiger partial charge is 0.465 e. The van der Waals surface area contributed by atoms with E-state index in [0.717, 1.165) is 60.0 Å². The third-order valence-electron chi connectivity index (χ3n) is 7.84. The Labute approximate surface area is 227 Å². The lowest BCUT2D eigenvalue weighted by atomic mass is 10.0. The fourth-order valence-corrected chi connectivity index (χ4v) is 5.64. The lowest BCUT2D eigenvalue weighted by Gasteiger charge is -2.30. The molecule has 39 heavy (non-hydrogen) atoms. The Morgan fingerprint density at radius 3 is 2.69 bits per heavy atom. The summed E-state index contributed by atoms with van der Waals surface area (Å²) in [7, 11) is 0. The Balaban J connectivity index is 1.20. The van der Waals surface area contributed by atoms with Gasteiger partial charge in [0, 0.05) is 50.0 Å². The summed E-state index contributed by atoms with van der Waals surface area (Å²) in [5, 5.41) is 20.7. The Kier molecular flexibility index (Phi) is 7.02. The van der Waals surface area contributed by atoms with Gasteiger partial charge >= 0.3 is 6.09 Å². The summed E-state index contributed by atoms with van der Waals surface area (Å²) >= 11 is 0. The molecule has 4 aromatic rings. The van der Waals surface area contributed by atoms with Crippen molar-refractivity contribution in [2.75, 3.05) is 29.9 Å². The molecular formula is C29H34N8O2. The summed E-state index contributed by atoms with van der Waals surface area (Å²) in [6.07, 6.45) is 6.78. The number of carboxylic acid groups (broad SMARTS) is 1. The van der Waals surface area contributed by atoms with E-state index in [1.54, 1.807) is 10.8 Å². The predicted molar refractivity (Wildman–Crippen MR) is 151 cm³/mol. The maximum Gasteiger partial charge on any atom is 0.407 e. The third kappa shape index (κ3) is 5.51. The van der Waals surface area contributed by atoms with Crippen LogP contribution in [0, 0.1) is 0 Å². The van der Waals surface area contributed by atoms with Crippen LogP contribution in [0.2, 0.25) is 0 Å². The topological polar surface area (TPSA) is 111 Å². The zero-order valence-electron chi connectivity index (χ0n) is 22.1. The van der Waals surface area contributed by atoms with Gasteiger partial charge in [-0.2, -0.15) is 5.10 Å². The first-order valence-electron chi connectivity index (χ1n) is 13.7. The van der Waals surface area contributed by atoms with Gasteiger partial charge in [-0.25, -0.2) is 19.3 Å². The maximum absolute atomic E-state index is 11.2. The van der Waals surface area contributed by atoms with Crippen molar-refractivity contribution in [3.63, 3.8) is 0 Å². The summed E-state index contributed by atoms with van der Waals surface area (Å²) in [5.41, 5.74) is 4.87. The fourth-order valence-electron chi connectivity index (χ4n) is 5.64. The second-order valence-corrected chi connectivity index (χ2v) is 10.5. The maximum atomic E-state index is 11.2. The molecule has 2 fully saturated rings. The molecule has 0 saturated carbocycles. The van der Waals surface area contributed by atoms with Crippen molar-refractivity contribution in [3.8, 4) is 11.1 Å². The number of anilines is 3. The standard InChI is InChI=1S/C29H34N8O2/c1-20-5-4-12-36(20)27-9-3-8-26(34-27)33-25-16-23(18-37-28(25)31-19-32-37)22-7-2-6-21(15-22)17-30-24-10-13-35(14-11-24)29(38)39/h2-3,6-9,15-16,18-20,24,30H,4-5,10-14,17H2,1H3,(H,33,34)(H,38,39). The van der Waals surface area contributed by atoms with Gasteiger partial charge in [0.15, 0.2) is 5.65 Å². The van der Waals surface area contributed by atoms with E-state index in [1.807, 2.05) is 18.3 Å². The van der Waals surface area contributed by atoms with Crippen molar-refractivity contribution in [1.29, 1.82) is 0 Å². The Hall–Kier alpha value is -4.18. The molecule has 0 radical (unpaired) electrons. The molecule has 0 bridgehead atoms. The molecule has 5 heterocycles. The third-order valence-corrected chi connectivity index (χ3v) is 7.84. The van der Waals surface area contributed by atoms with Crippen molar-refractivity contribution in [1.82, 2.24) is 29.8 Å². The number of pyridine rings is 2. The molecule has 2 aliphatic heterocycles. The number of hydrogen-bond donors (Lipinski definition) is 3. The normalized spacial score (nSPS) is 18.1. The lowest BCUT2D eigenvalue weighted by Crippen LogP contribution is -2.44. The van der Waals surface area contributed by atoms with E-state index in [9.17, 15) is 9.90 Å². The molecule has 1 amide bonds. The second-order valence-electron chi connectivity index (χ2n) is 10.5. The minimum atomic E-state index is -0.830. The molecule has 6 rings (SSSR count). The average Bonchev–Trinajstić information content (AvgIpc) is 3.61. The Bertz CT molecular complexity index is 1460. The quantitative estimate of drug-likeness (QED) is 0.316. The number of fused-ring (bicyclic) bond motifs is 1. The minimum absolute atomic E-state index is 0.318. The van der Waals surface area contributed by atoms with E-state index >= 15 is 0 Å². The van der Waals surface area contributed by atoms with Crippen LogP contribution in [0.1, 0.15) is 38.2 Å². The van der Waals surface area contributed by atoms with Gasteiger partial charge in [-0.1, -0.05) is 24.3 Å². The van der Waals surface area contributed by atoms with Gasteiger partial charge < -0.3 is 25.5 Å². The summed E-state index contributed by atoms with van der Waals surface area (Å²) in [4.78, 5) is 24.4. The van der Waals surface area contributed by atoms with E-state index in [-0.39, 0.29) is 0 Å². The Morgan fingerprint density at radius 1 is 1.05 bits per heavy atom. The van der Waals surface area contributed by atoms with Crippen LogP contribution in [-0.2, 0) is 6.54 Å². The zero-order valence-corrected chi connectivity index (χ0v) is 22.1. The predicted octanol–water partition coefficient (Wildman–Crippen LogP) is 4.76. The van der Waals surface area contributed by atoms with Gasteiger partial charge in [-0.3, -0.25) is 0 Å². The van der Waals surface area contributed by atoms with E-state index in [2.05, 4.69) is 68.9 Å². The van der Waals surface area contributed by atoms with Gasteiger partial charge in [0.25, 0.3) is 0 Å². The number of piperidine rings is 1. The highest BCUT2D eigenvalue weighted by Gasteiger charge is 2.23. The minimum Gasteiger partial charge on any atom is -0.465 e. The number of hydrogen-bond acceptors (Lipinski definition) is 7. The van der Waals surface area contributed by atoms with Crippen LogP contribution in [0.25, 0.3) is 16.8 Å². The molecule has 10 nitrogen and oxygen atoms in total. The molecule has 202 valence electrons. The highest BCUT2D eigenvalue weighted by atomic mass is 16.4. The van der Waals surface area contributed by atoms with E-state index in [1.165, 1.54) is 23.3 Å². The van der Waals surface area contributed by atoms with Gasteiger partial charge in [0.2, 0.25) is 0 Å². The molecule has 1 aromatic carbocycles. The number of aromatic nitrogens is 4. The molecule has 10 heteroatoms. The monoisotopic (exact) mass is 526 g/mol. The molecule has 1 atom stereocenters. The van der Waals surface area contributed by atoms with Gasteiger partial charge in [0.05, 0.1) is 5.69 Å². The number of benzene rings is 1. The zero-order chi connectivity index (χ0) is 26.8. The molecule has 1 unspecified atom stereocenters. The molecule has 3 aromatic heterocycles. The number of likely N-dealkylation sites (tertiary alicyclic amines) is 1. The molecule has 0 aliphatic carbocycles. The highest BCUT2D eigenvalue weighted by Crippen LogP contribution is 2.30. The van der Waals surface area contributed by atoms with Crippen molar-refractivity contribution >= 4 is 29.1 Å². The van der Waals surface area contributed by atoms with Crippen LogP contribution in [0.15, 0.2) is 61.1 Å². The Morgan fingerprint density at radius 2 is 1.90 bits per heavy atom. The van der Waals surface area contributed by atoms with Crippen molar-refractivity contribution < 1.29 is 9.90 Å². The summed E-state index contributed by atoms with van der Waals surface area (Å²) < 4.78 is 1.80. The SMILES string of the molecule is CC1CCCN1c1cccc(Nc2cc(-c3cccc(CNC4CCN(C(=O)O)CC4)c3)cn3ncnc23)n1. The van der Waals surface area contributed by atoms with E-state index in [0.29, 0.717) is 25.2 Å². The molecule has 3 N–H and O–H groups in total. The number of carbonyl (C=O) groups is 1. The lowest BCUT2D eigenvalue weighted by molar-refractivity contribution is 0.129. The molecule has 2 saturated heterocycles. The molecular weight excluding hydrogens is 492 g/mol. The summed E-state index contributed by atoms with van der Waals surface area (Å²) in [6.45, 7) is 5.18. The first kappa shape index (κ1) is 25.1. The average molecular weight is 527 g/mol. The number of rotatable bonds is 7. The highest BCUT2D eigenvalue weighted by molar-refractivity contribution is 5.79. The van der Waals surface area contributed by atoms with E-state index < -0.39 is 6.09 Å². The van der Waals surface area contributed by atoms with Crippen molar-refractivity contribution in [3.05, 3.63) is 66.6 Å². The summed E-state index contributed by atoms with van der Waals surface area (Å²) in [5.74, 6) is 1.77. The number of nitrogens with one attached hydrogen (secondary N) is 2. The van der Waals surface area contributed by atoms with Crippen molar-refractivity contribution in [2.45, 2.75) is 51.2 Å². The first-order chi connectivity index (χ1) is 19.0. The molecule has 0 spiro atoms. The number of nitrogens with zero attached hydrogens (tertiary/aromatic N) is 6. The van der Waals surface area contributed by atoms with Crippen LogP contribution < -0.4 is 15.5 Å². The van der Waals surface area contributed by atoms with Crippen LogP contribution in [0.4, 0.5) is 22.1 Å². The fraction of sp³-hybridized carbons (Fsp3) is 0.379. The van der Waals surface area contributed by atoms with Crippen LogP contribution in [0.5, 0.6) is 0 Å². The first-order valence-corrected chi connectivity index (χ1v) is 13.7. The van der Waals surface area contributed by atoms with Crippen LogP contribution >= 0.6 is 0 Å². The molecule has 2 aliphatic rings. The van der Waals surface area contributed by atoms with Gasteiger partial charge in [-0.05, 0) is 68.0 Å². The van der Waals surface area contributed by atoms with Crippen LogP contribution in [0.3, 0.4) is 0 Å². The smallest absolute Gasteiger partial charge is 0.407 e. The van der Waals surface area contributed by atoms with Gasteiger partial charge in [0.1, 0.15) is 18.0 Å². The van der Waals surface area contributed by atoms with Gasteiger partial charge in [-0.15, -0.1) is 0 Å². The number of amides is 1. The van der Waals surface area contributed by atoms with Crippen molar-refractivity contribution in [2.24, 2.45) is 0 Å². The second kappa shape index (κ2) is 10.9. The summed E-state index contributed by atoms with van der Waals surface area (Å²) in [6, 6.07) is 17.5. The van der Waals surface area contributed by atoms with E-state index in [4.69, 9.17) is 4.98 Å².